The molecule has 0 aromatic heterocycles. The molecule has 0 radical (unpaired) electrons. The third-order valence-corrected chi connectivity index (χ3v) is 4.34. The fraction of sp³-hybridized carbons (Fsp3) is 0.933. The summed E-state index contributed by atoms with van der Waals surface area (Å²) in [6.45, 7) is 11.8. The Morgan fingerprint density at radius 1 is 1.42 bits per heavy atom. The van der Waals surface area contributed by atoms with E-state index in [1.807, 2.05) is 6.92 Å². The van der Waals surface area contributed by atoms with E-state index < -0.39 is 11.5 Å². The number of rotatable bonds is 10. The zero-order valence-electron chi connectivity index (χ0n) is 12.9. The average molecular weight is 270 g/mol. The van der Waals surface area contributed by atoms with Gasteiger partial charge in [-0.3, -0.25) is 4.79 Å². The van der Waals surface area contributed by atoms with Gasteiger partial charge in [-0.05, 0) is 37.8 Å². The van der Waals surface area contributed by atoms with Gasteiger partial charge in [0, 0.05) is 13.1 Å². The van der Waals surface area contributed by atoms with Gasteiger partial charge in [0.2, 0.25) is 0 Å². The molecule has 0 bridgehead atoms. The molecule has 1 aliphatic carbocycles. The number of carbonyl (C=O) groups is 1. The van der Waals surface area contributed by atoms with Gasteiger partial charge in [-0.25, -0.2) is 0 Å². The third kappa shape index (κ3) is 4.18. The Hall–Kier alpha value is -0.610. The number of hydrogen-bond donors (Lipinski definition) is 2. The molecule has 0 heterocycles. The topological polar surface area (TPSA) is 52.6 Å². The molecular formula is C15H30N2O2. The van der Waals surface area contributed by atoms with Crippen LogP contribution in [-0.2, 0) is 4.79 Å². The van der Waals surface area contributed by atoms with E-state index in [0.29, 0.717) is 24.9 Å². The van der Waals surface area contributed by atoms with Crippen LogP contribution in [0.15, 0.2) is 0 Å². The van der Waals surface area contributed by atoms with Gasteiger partial charge in [-0.1, -0.05) is 34.1 Å². The van der Waals surface area contributed by atoms with Crippen LogP contribution < -0.4 is 5.32 Å². The molecule has 1 rings (SSSR count). The first-order valence-electron chi connectivity index (χ1n) is 7.70. The van der Waals surface area contributed by atoms with Crippen LogP contribution in [0.4, 0.5) is 0 Å². The van der Waals surface area contributed by atoms with Crippen molar-refractivity contribution in [2.75, 3.05) is 26.2 Å². The van der Waals surface area contributed by atoms with Crippen molar-refractivity contribution in [1.82, 2.24) is 10.2 Å². The lowest BCUT2D eigenvalue weighted by molar-refractivity contribution is -0.147. The quantitative estimate of drug-likeness (QED) is 0.639. The molecular weight excluding hydrogens is 240 g/mol. The standard InChI is InChI=1S/C15H30N2O2/c1-5-12(4)10-17(7-3)11-15(14(18)19,16-6-2)13-8-9-13/h12-13,16H,5-11H2,1-4H3,(H,18,19). The summed E-state index contributed by atoms with van der Waals surface area (Å²) in [6, 6.07) is 0. The van der Waals surface area contributed by atoms with Crippen LogP contribution in [0.25, 0.3) is 0 Å². The molecule has 1 fully saturated rings. The van der Waals surface area contributed by atoms with E-state index in [0.717, 1.165) is 32.4 Å². The lowest BCUT2D eigenvalue weighted by atomic mass is 9.91. The van der Waals surface area contributed by atoms with Crippen LogP contribution in [0.3, 0.4) is 0 Å². The van der Waals surface area contributed by atoms with Crippen molar-refractivity contribution in [3.05, 3.63) is 0 Å². The van der Waals surface area contributed by atoms with Gasteiger partial charge in [-0.15, -0.1) is 0 Å². The van der Waals surface area contributed by atoms with Crippen molar-refractivity contribution in [1.29, 1.82) is 0 Å². The van der Waals surface area contributed by atoms with Gasteiger partial charge in [0.05, 0.1) is 0 Å². The van der Waals surface area contributed by atoms with Crippen LogP contribution in [0.2, 0.25) is 0 Å². The van der Waals surface area contributed by atoms with Crippen molar-refractivity contribution in [2.45, 2.75) is 52.5 Å². The predicted molar refractivity (Wildman–Crippen MR) is 78.3 cm³/mol. The minimum atomic E-state index is -0.738. The van der Waals surface area contributed by atoms with E-state index >= 15 is 0 Å². The summed E-state index contributed by atoms with van der Waals surface area (Å²) in [7, 11) is 0. The normalized spacial score (nSPS) is 20.3. The smallest absolute Gasteiger partial charge is 0.325 e. The maximum Gasteiger partial charge on any atom is 0.325 e. The lowest BCUT2D eigenvalue weighted by Crippen LogP contribution is -2.61. The Balaban J connectivity index is 2.76. The highest BCUT2D eigenvalue weighted by molar-refractivity contribution is 5.80. The van der Waals surface area contributed by atoms with E-state index in [1.54, 1.807) is 0 Å². The van der Waals surface area contributed by atoms with E-state index in [9.17, 15) is 9.90 Å². The second-order valence-electron chi connectivity index (χ2n) is 5.92. The van der Waals surface area contributed by atoms with Crippen LogP contribution in [0, 0.1) is 11.8 Å². The molecule has 0 spiro atoms. The molecule has 0 amide bonds. The largest absolute Gasteiger partial charge is 0.480 e. The fourth-order valence-electron chi connectivity index (χ4n) is 2.77. The van der Waals surface area contributed by atoms with E-state index in [2.05, 4.69) is 31.0 Å². The summed E-state index contributed by atoms with van der Waals surface area (Å²) < 4.78 is 0. The number of nitrogens with zero attached hydrogens (tertiary/aromatic N) is 1. The molecule has 2 atom stereocenters. The third-order valence-electron chi connectivity index (χ3n) is 4.34. The van der Waals surface area contributed by atoms with Crippen LogP contribution >= 0.6 is 0 Å². The summed E-state index contributed by atoms with van der Waals surface area (Å²) in [6.07, 6.45) is 3.22. The number of carboxylic acids is 1. The Kier molecular flexibility index (Phi) is 6.27. The van der Waals surface area contributed by atoms with Crippen LogP contribution in [0.5, 0.6) is 0 Å². The maximum atomic E-state index is 11.8. The number of carboxylic acid groups (broad SMARTS) is 1. The Morgan fingerprint density at radius 3 is 2.42 bits per heavy atom. The number of hydrogen-bond acceptors (Lipinski definition) is 3. The Bertz CT molecular complexity index is 292. The molecule has 0 aromatic rings. The Morgan fingerprint density at radius 2 is 2.05 bits per heavy atom. The summed E-state index contributed by atoms with van der Waals surface area (Å²) >= 11 is 0. The molecule has 2 N–H and O–H groups in total. The van der Waals surface area contributed by atoms with Crippen LogP contribution in [-0.4, -0.2) is 47.7 Å². The predicted octanol–water partition coefficient (Wildman–Crippen LogP) is 2.20. The minimum Gasteiger partial charge on any atom is -0.480 e. The van der Waals surface area contributed by atoms with Crippen molar-refractivity contribution < 1.29 is 9.90 Å². The molecule has 0 saturated heterocycles. The van der Waals surface area contributed by atoms with Gasteiger partial charge < -0.3 is 15.3 Å². The van der Waals surface area contributed by atoms with Crippen molar-refractivity contribution >= 4 is 5.97 Å². The van der Waals surface area contributed by atoms with Gasteiger partial charge in [0.1, 0.15) is 5.54 Å². The summed E-state index contributed by atoms with van der Waals surface area (Å²) in [5.74, 6) is 0.239. The van der Waals surface area contributed by atoms with Gasteiger partial charge in [0.15, 0.2) is 0 Å². The highest BCUT2D eigenvalue weighted by Crippen LogP contribution is 2.40. The highest BCUT2D eigenvalue weighted by atomic mass is 16.4. The SMILES string of the molecule is CCNC(CN(CC)CC(C)CC)(C(=O)O)C1CC1. The zero-order valence-corrected chi connectivity index (χ0v) is 12.9. The molecule has 1 saturated carbocycles. The highest BCUT2D eigenvalue weighted by Gasteiger charge is 2.51. The molecule has 1 aliphatic rings. The first kappa shape index (κ1) is 16.4. The van der Waals surface area contributed by atoms with Gasteiger partial charge >= 0.3 is 5.97 Å². The number of nitrogens with one attached hydrogen (secondary N) is 1. The summed E-state index contributed by atoms with van der Waals surface area (Å²) in [4.78, 5) is 14.1. The van der Waals surface area contributed by atoms with Crippen LogP contribution in [0.1, 0.15) is 47.0 Å². The van der Waals surface area contributed by atoms with E-state index in [-0.39, 0.29) is 0 Å². The monoisotopic (exact) mass is 270 g/mol. The molecule has 0 aliphatic heterocycles. The molecule has 0 aromatic carbocycles. The second-order valence-corrected chi connectivity index (χ2v) is 5.92. The molecule has 4 nitrogen and oxygen atoms in total. The lowest BCUT2D eigenvalue weighted by Gasteiger charge is -2.36. The van der Waals surface area contributed by atoms with E-state index in [1.165, 1.54) is 0 Å². The van der Waals surface area contributed by atoms with Crippen molar-refractivity contribution in [3.63, 3.8) is 0 Å². The van der Waals surface area contributed by atoms with Crippen molar-refractivity contribution in [3.8, 4) is 0 Å². The van der Waals surface area contributed by atoms with Gasteiger partial charge in [-0.2, -0.15) is 0 Å². The van der Waals surface area contributed by atoms with Gasteiger partial charge in [0.25, 0.3) is 0 Å². The molecule has 112 valence electrons. The zero-order chi connectivity index (χ0) is 14.5. The number of likely N-dealkylation sites (N-methyl/N-ethyl adjacent to an activating group) is 2. The second kappa shape index (κ2) is 7.25. The number of aliphatic carboxylic acids is 1. The molecule has 19 heavy (non-hydrogen) atoms. The first-order valence-corrected chi connectivity index (χ1v) is 7.70. The fourth-order valence-corrected chi connectivity index (χ4v) is 2.77. The minimum absolute atomic E-state index is 0.302. The summed E-state index contributed by atoms with van der Waals surface area (Å²) in [5.41, 5.74) is -0.738. The maximum absolute atomic E-state index is 11.8. The molecule has 4 heteroatoms. The average Bonchev–Trinajstić information content (AvgIpc) is 3.20. The summed E-state index contributed by atoms with van der Waals surface area (Å²) in [5, 5.41) is 13.0. The molecule has 2 unspecified atom stereocenters. The van der Waals surface area contributed by atoms with E-state index in [4.69, 9.17) is 0 Å². The van der Waals surface area contributed by atoms with Crippen molar-refractivity contribution in [2.24, 2.45) is 11.8 Å². The Labute approximate surface area is 117 Å². The first-order chi connectivity index (χ1) is 9.00.